The fourth-order valence-electron chi connectivity index (χ4n) is 2.04. The Morgan fingerprint density at radius 2 is 2.17 bits per heavy atom. The molecule has 3 rings (SSSR count). The molecule has 0 aliphatic carbocycles. The van der Waals surface area contributed by atoms with E-state index in [1.807, 2.05) is 30.3 Å². The van der Waals surface area contributed by atoms with E-state index >= 15 is 0 Å². The van der Waals surface area contributed by atoms with Crippen LogP contribution in [0.1, 0.15) is 17.5 Å². The topological polar surface area (TPSA) is 92.9 Å². The number of thiazole rings is 1. The van der Waals surface area contributed by atoms with E-state index in [0.29, 0.717) is 16.1 Å². The molecular formula is C15H15N5O2S2. The second-order valence-electron chi connectivity index (χ2n) is 4.89. The van der Waals surface area contributed by atoms with Gasteiger partial charge in [-0.1, -0.05) is 42.1 Å². The second kappa shape index (κ2) is 7.56. The number of rotatable bonds is 6. The van der Waals surface area contributed by atoms with E-state index in [1.165, 1.54) is 23.1 Å². The Balaban J connectivity index is 1.63. The third-order valence-electron chi connectivity index (χ3n) is 3.24. The maximum absolute atomic E-state index is 11.9. The number of benzene rings is 1. The predicted molar refractivity (Wildman–Crippen MR) is 93.0 cm³/mol. The molecule has 0 bridgehead atoms. The minimum Gasteiger partial charge on any atom is -0.380 e. The zero-order valence-electron chi connectivity index (χ0n) is 12.8. The number of hydrogen-bond donors (Lipinski definition) is 2. The van der Waals surface area contributed by atoms with Crippen molar-refractivity contribution in [1.29, 1.82) is 0 Å². The summed E-state index contributed by atoms with van der Waals surface area (Å²) in [6.45, 7) is 0. The van der Waals surface area contributed by atoms with Crippen LogP contribution >= 0.6 is 23.1 Å². The molecule has 0 saturated carbocycles. The van der Waals surface area contributed by atoms with Gasteiger partial charge >= 0.3 is 0 Å². The van der Waals surface area contributed by atoms with E-state index in [1.54, 1.807) is 23.2 Å². The molecule has 0 spiro atoms. The third kappa shape index (κ3) is 3.81. The molecule has 7 nitrogen and oxygen atoms in total. The van der Waals surface area contributed by atoms with Crippen LogP contribution in [-0.4, -0.2) is 36.5 Å². The first-order chi connectivity index (χ1) is 11.6. The van der Waals surface area contributed by atoms with Crippen molar-refractivity contribution in [2.24, 2.45) is 7.05 Å². The average Bonchev–Trinajstić information content (AvgIpc) is 3.23. The molecule has 124 valence electrons. The zero-order valence-corrected chi connectivity index (χ0v) is 14.4. The molecule has 0 unspecified atom stereocenters. The van der Waals surface area contributed by atoms with Gasteiger partial charge in [-0.2, -0.15) is 0 Å². The highest BCUT2D eigenvalue weighted by Gasteiger charge is 2.19. The van der Waals surface area contributed by atoms with Crippen LogP contribution in [0.2, 0.25) is 0 Å². The lowest BCUT2D eigenvalue weighted by Gasteiger charge is -2.10. The van der Waals surface area contributed by atoms with Gasteiger partial charge in [-0.3, -0.25) is 4.79 Å². The van der Waals surface area contributed by atoms with Crippen molar-refractivity contribution >= 4 is 34.1 Å². The van der Waals surface area contributed by atoms with Crippen LogP contribution in [0.15, 0.2) is 47.1 Å². The first kappa shape index (κ1) is 16.6. The number of anilines is 1. The summed E-state index contributed by atoms with van der Waals surface area (Å²) in [5.74, 6) is 0.458. The summed E-state index contributed by atoms with van der Waals surface area (Å²) >= 11 is 2.62. The van der Waals surface area contributed by atoms with Crippen molar-refractivity contribution in [3.8, 4) is 0 Å². The van der Waals surface area contributed by atoms with Crippen LogP contribution in [0.5, 0.6) is 0 Å². The van der Waals surface area contributed by atoms with Crippen molar-refractivity contribution in [3.05, 3.63) is 53.3 Å². The first-order valence-electron chi connectivity index (χ1n) is 7.09. The van der Waals surface area contributed by atoms with Gasteiger partial charge in [0.05, 0.1) is 5.75 Å². The van der Waals surface area contributed by atoms with Crippen molar-refractivity contribution in [2.75, 3.05) is 11.1 Å². The lowest BCUT2D eigenvalue weighted by Crippen LogP contribution is -2.14. The van der Waals surface area contributed by atoms with E-state index in [4.69, 9.17) is 0 Å². The van der Waals surface area contributed by atoms with Crippen LogP contribution in [0.25, 0.3) is 0 Å². The van der Waals surface area contributed by atoms with Gasteiger partial charge in [-0.25, -0.2) is 4.98 Å². The highest BCUT2D eigenvalue weighted by molar-refractivity contribution is 7.99. The molecule has 24 heavy (non-hydrogen) atoms. The number of aromatic nitrogens is 4. The number of aliphatic hydroxyl groups excluding tert-OH is 1. The van der Waals surface area contributed by atoms with E-state index in [-0.39, 0.29) is 11.7 Å². The average molecular weight is 361 g/mol. The summed E-state index contributed by atoms with van der Waals surface area (Å²) in [4.78, 5) is 15.9. The summed E-state index contributed by atoms with van der Waals surface area (Å²) in [6, 6.07) is 9.25. The Hall–Kier alpha value is -2.23. The summed E-state index contributed by atoms with van der Waals surface area (Å²) in [6.07, 6.45) is 0.773. The normalized spacial score (nSPS) is 12.1. The molecule has 1 amide bonds. The van der Waals surface area contributed by atoms with Crippen molar-refractivity contribution in [1.82, 2.24) is 19.7 Å². The SMILES string of the molecule is Cn1c(SCC(=O)Nc2nccs2)nnc1[C@H](O)c1ccccc1. The number of thioether (sulfide) groups is 1. The third-order valence-corrected chi connectivity index (χ3v) is 4.95. The highest BCUT2D eigenvalue weighted by atomic mass is 32.2. The number of nitrogens with one attached hydrogen (secondary N) is 1. The minimum atomic E-state index is -0.859. The Morgan fingerprint density at radius 1 is 1.38 bits per heavy atom. The molecule has 0 aliphatic heterocycles. The van der Waals surface area contributed by atoms with E-state index in [9.17, 15) is 9.90 Å². The van der Waals surface area contributed by atoms with Gasteiger partial charge in [0, 0.05) is 18.6 Å². The number of nitrogens with zero attached hydrogens (tertiary/aromatic N) is 4. The van der Waals surface area contributed by atoms with Gasteiger partial charge in [0.15, 0.2) is 16.1 Å². The van der Waals surface area contributed by atoms with Gasteiger partial charge < -0.3 is 15.0 Å². The Bertz CT molecular complexity index is 805. The summed E-state index contributed by atoms with van der Waals surface area (Å²) in [5, 5.41) is 24.2. The fraction of sp³-hybridized carbons (Fsp3) is 0.200. The standard InChI is InChI=1S/C15H15N5O2S2/c1-20-13(12(22)10-5-3-2-4-6-10)18-19-15(20)24-9-11(21)17-14-16-7-8-23-14/h2-8,12,22H,9H2,1H3,(H,16,17,21)/t12-/m1/s1. The summed E-state index contributed by atoms with van der Waals surface area (Å²) in [5.41, 5.74) is 0.742. The predicted octanol–water partition coefficient (Wildman–Crippen LogP) is 2.08. The maximum atomic E-state index is 11.9. The molecule has 3 aromatic rings. The lowest BCUT2D eigenvalue weighted by molar-refractivity contribution is -0.113. The lowest BCUT2D eigenvalue weighted by atomic mass is 10.1. The molecule has 9 heteroatoms. The first-order valence-corrected chi connectivity index (χ1v) is 8.96. The van der Waals surface area contributed by atoms with Crippen LogP contribution in [0, 0.1) is 0 Å². The van der Waals surface area contributed by atoms with Crippen LogP contribution in [0.3, 0.4) is 0 Å². The van der Waals surface area contributed by atoms with Crippen molar-refractivity contribution in [3.63, 3.8) is 0 Å². The smallest absolute Gasteiger partial charge is 0.236 e. The number of carbonyl (C=O) groups is 1. The molecule has 2 heterocycles. The molecule has 0 saturated heterocycles. The molecule has 0 fully saturated rings. The molecule has 2 aromatic heterocycles. The summed E-state index contributed by atoms with van der Waals surface area (Å²) < 4.78 is 1.69. The molecule has 0 aliphatic rings. The van der Waals surface area contributed by atoms with Crippen LogP contribution < -0.4 is 5.32 Å². The van der Waals surface area contributed by atoms with Gasteiger partial charge in [-0.05, 0) is 5.56 Å². The molecule has 1 atom stereocenters. The second-order valence-corrected chi connectivity index (χ2v) is 6.72. The van der Waals surface area contributed by atoms with E-state index in [2.05, 4.69) is 20.5 Å². The van der Waals surface area contributed by atoms with E-state index < -0.39 is 6.10 Å². The van der Waals surface area contributed by atoms with Gasteiger partial charge in [0.25, 0.3) is 0 Å². The quantitative estimate of drug-likeness (QED) is 0.653. The summed E-state index contributed by atoms with van der Waals surface area (Å²) in [7, 11) is 1.77. The number of hydrogen-bond acceptors (Lipinski definition) is 7. The molecule has 2 N–H and O–H groups in total. The number of amides is 1. The Morgan fingerprint density at radius 3 is 2.88 bits per heavy atom. The van der Waals surface area contributed by atoms with Gasteiger partial charge in [-0.15, -0.1) is 21.5 Å². The highest BCUT2D eigenvalue weighted by Crippen LogP contribution is 2.23. The largest absolute Gasteiger partial charge is 0.380 e. The Labute approximate surface area is 146 Å². The minimum absolute atomic E-state index is 0.164. The van der Waals surface area contributed by atoms with E-state index in [0.717, 1.165) is 5.56 Å². The van der Waals surface area contributed by atoms with Crippen LogP contribution in [0.4, 0.5) is 5.13 Å². The van der Waals surface area contributed by atoms with Gasteiger partial charge in [0.1, 0.15) is 6.10 Å². The van der Waals surface area contributed by atoms with Crippen molar-refractivity contribution < 1.29 is 9.90 Å². The number of carbonyl (C=O) groups excluding carboxylic acids is 1. The molecule has 1 aromatic carbocycles. The number of aliphatic hydroxyl groups is 1. The Kier molecular flexibility index (Phi) is 5.24. The maximum Gasteiger partial charge on any atom is 0.236 e. The van der Waals surface area contributed by atoms with Crippen molar-refractivity contribution in [2.45, 2.75) is 11.3 Å². The molecular weight excluding hydrogens is 346 g/mol. The fourth-order valence-corrected chi connectivity index (χ4v) is 3.31. The van der Waals surface area contributed by atoms with Gasteiger partial charge in [0.2, 0.25) is 5.91 Å². The monoisotopic (exact) mass is 361 g/mol. The van der Waals surface area contributed by atoms with Crippen LogP contribution in [-0.2, 0) is 11.8 Å². The molecule has 0 radical (unpaired) electrons. The zero-order chi connectivity index (χ0) is 16.9.